The van der Waals surface area contributed by atoms with Gasteiger partial charge in [0.05, 0.1) is 18.2 Å². The molecular formula is C25H30N2O3. The lowest BCUT2D eigenvalue weighted by atomic mass is 10.1. The van der Waals surface area contributed by atoms with Crippen LogP contribution >= 0.6 is 0 Å². The van der Waals surface area contributed by atoms with Crippen molar-refractivity contribution >= 4 is 16.9 Å². The van der Waals surface area contributed by atoms with Crippen LogP contribution in [0.15, 0.2) is 59.0 Å². The van der Waals surface area contributed by atoms with Crippen molar-refractivity contribution in [2.24, 2.45) is 0 Å². The lowest BCUT2D eigenvalue weighted by Gasteiger charge is -2.35. The van der Waals surface area contributed by atoms with E-state index >= 15 is 0 Å². The Morgan fingerprint density at radius 3 is 2.43 bits per heavy atom. The van der Waals surface area contributed by atoms with Crippen LogP contribution in [-0.4, -0.2) is 48.1 Å². The van der Waals surface area contributed by atoms with Gasteiger partial charge in [0.1, 0.15) is 11.3 Å². The van der Waals surface area contributed by atoms with Crippen molar-refractivity contribution in [2.75, 3.05) is 20.1 Å². The Kier molecular flexibility index (Phi) is 5.93. The number of rotatable bonds is 5. The van der Waals surface area contributed by atoms with Crippen LogP contribution < -0.4 is 0 Å². The largest absolute Gasteiger partial charge is 0.459 e. The number of morpholine rings is 1. The van der Waals surface area contributed by atoms with E-state index in [1.807, 2.05) is 56.4 Å². The summed E-state index contributed by atoms with van der Waals surface area (Å²) in [5.41, 5.74) is 2.74. The average Bonchev–Trinajstić information content (AvgIpc) is 3.16. The molecule has 0 saturated carbocycles. The Hall–Kier alpha value is -2.63. The number of nitrogens with zero attached hydrogens (tertiary/aromatic N) is 2. The van der Waals surface area contributed by atoms with E-state index in [1.54, 1.807) is 4.90 Å². The summed E-state index contributed by atoms with van der Waals surface area (Å²) in [6, 6.07) is 17.7. The zero-order valence-corrected chi connectivity index (χ0v) is 18.2. The van der Waals surface area contributed by atoms with Crippen molar-refractivity contribution in [2.45, 2.75) is 45.6 Å². The lowest BCUT2D eigenvalue weighted by Crippen LogP contribution is -2.44. The Morgan fingerprint density at radius 2 is 1.77 bits per heavy atom. The molecule has 1 fully saturated rings. The molecule has 1 aromatic heterocycles. The first-order valence-electron chi connectivity index (χ1n) is 10.6. The predicted molar refractivity (Wildman–Crippen MR) is 118 cm³/mol. The molecular weight excluding hydrogens is 376 g/mol. The Morgan fingerprint density at radius 1 is 1.10 bits per heavy atom. The molecule has 0 spiro atoms. The number of benzene rings is 2. The Bertz CT molecular complexity index is 968. The molecule has 4 rings (SSSR count). The van der Waals surface area contributed by atoms with Gasteiger partial charge in [-0.15, -0.1) is 0 Å². The number of amides is 1. The number of fused-ring (bicyclic) bond motifs is 1. The summed E-state index contributed by atoms with van der Waals surface area (Å²) < 4.78 is 11.8. The molecule has 30 heavy (non-hydrogen) atoms. The molecule has 2 aromatic carbocycles. The van der Waals surface area contributed by atoms with Crippen molar-refractivity contribution in [3.05, 3.63) is 71.5 Å². The van der Waals surface area contributed by atoms with Crippen molar-refractivity contribution in [1.29, 1.82) is 0 Å². The quantitative estimate of drug-likeness (QED) is 0.606. The molecule has 0 N–H and O–H groups in total. The molecule has 3 atom stereocenters. The molecule has 2 heterocycles. The standard InChI is InChI=1S/C25H30N2O3/c1-17-14-27(15-18(2)29-17)16-20-9-11-21(12-10-20)25(28)26(4)19(3)24-13-22-7-5-6-8-23(22)30-24/h5-13,17-19H,14-16H2,1-4H3. The van der Waals surface area contributed by atoms with Crippen molar-refractivity contribution in [3.63, 3.8) is 0 Å². The van der Waals surface area contributed by atoms with Crippen molar-refractivity contribution < 1.29 is 13.9 Å². The molecule has 3 unspecified atom stereocenters. The second-order valence-corrected chi connectivity index (χ2v) is 8.43. The van der Waals surface area contributed by atoms with Crippen LogP contribution in [0.5, 0.6) is 0 Å². The maximum Gasteiger partial charge on any atom is 0.254 e. The van der Waals surface area contributed by atoms with Crippen LogP contribution in [-0.2, 0) is 11.3 Å². The van der Waals surface area contributed by atoms with E-state index in [0.717, 1.165) is 36.4 Å². The summed E-state index contributed by atoms with van der Waals surface area (Å²) in [5.74, 6) is 0.780. The highest BCUT2D eigenvalue weighted by Gasteiger charge is 2.23. The highest BCUT2D eigenvalue weighted by Crippen LogP contribution is 2.27. The van der Waals surface area contributed by atoms with Gasteiger partial charge in [0.2, 0.25) is 0 Å². The summed E-state index contributed by atoms with van der Waals surface area (Å²) >= 11 is 0. The van der Waals surface area contributed by atoms with E-state index in [4.69, 9.17) is 9.15 Å². The molecule has 1 aliphatic rings. The van der Waals surface area contributed by atoms with Gasteiger partial charge in [-0.05, 0) is 50.6 Å². The fraction of sp³-hybridized carbons (Fsp3) is 0.400. The number of carbonyl (C=O) groups is 1. The predicted octanol–water partition coefficient (Wildman–Crippen LogP) is 4.88. The van der Waals surface area contributed by atoms with Crippen molar-refractivity contribution in [1.82, 2.24) is 9.80 Å². The molecule has 1 saturated heterocycles. The summed E-state index contributed by atoms with van der Waals surface area (Å²) in [4.78, 5) is 17.2. The number of para-hydroxylation sites is 1. The first-order valence-corrected chi connectivity index (χ1v) is 10.6. The fourth-order valence-electron chi connectivity index (χ4n) is 4.20. The van der Waals surface area contributed by atoms with Crippen molar-refractivity contribution in [3.8, 4) is 0 Å². The minimum absolute atomic E-state index is 0.0110. The first-order chi connectivity index (χ1) is 14.4. The second-order valence-electron chi connectivity index (χ2n) is 8.43. The van der Waals surface area contributed by atoms with Gasteiger partial charge in [0.15, 0.2) is 0 Å². The zero-order chi connectivity index (χ0) is 21.3. The third kappa shape index (κ3) is 4.42. The number of carbonyl (C=O) groups excluding carboxylic acids is 1. The van der Waals surface area contributed by atoms with Gasteiger partial charge in [0.25, 0.3) is 5.91 Å². The second kappa shape index (κ2) is 8.62. The average molecular weight is 407 g/mol. The number of hydrogen-bond donors (Lipinski definition) is 0. The number of ether oxygens (including phenoxy) is 1. The van der Waals surface area contributed by atoms with Crippen LogP contribution in [0, 0.1) is 0 Å². The van der Waals surface area contributed by atoms with Crippen LogP contribution in [0.4, 0.5) is 0 Å². The molecule has 158 valence electrons. The lowest BCUT2D eigenvalue weighted by molar-refractivity contribution is -0.0704. The molecule has 0 radical (unpaired) electrons. The van der Waals surface area contributed by atoms with Gasteiger partial charge in [-0.25, -0.2) is 0 Å². The summed E-state index contributed by atoms with van der Waals surface area (Å²) in [6.45, 7) is 8.96. The Labute approximate surface area is 178 Å². The highest BCUT2D eigenvalue weighted by molar-refractivity contribution is 5.94. The van der Waals surface area contributed by atoms with Gasteiger partial charge in [-0.3, -0.25) is 9.69 Å². The van der Waals surface area contributed by atoms with Crippen LogP contribution in [0.3, 0.4) is 0 Å². The van der Waals surface area contributed by atoms with Gasteiger partial charge >= 0.3 is 0 Å². The monoisotopic (exact) mass is 406 g/mol. The van der Waals surface area contributed by atoms with Crippen LogP contribution in [0.2, 0.25) is 0 Å². The molecule has 5 nitrogen and oxygen atoms in total. The van der Waals surface area contributed by atoms with E-state index in [-0.39, 0.29) is 24.2 Å². The van der Waals surface area contributed by atoms with E-state index in [0.29, 0.717) is 5.56 Å². The molecule has 0 aliphatic carbocycles. The van der Waals surface area contributed by atoms with E-state index in [1.165, 1.54) is 5.56 Å². The summed E-state index contributed by atoms with van der Waals surface area (Å²) in [7, 11) is 1.82. The summed E-state index contributed by atoms with van der Waals surface area (Å²) in [6.07, 6.45) is 0.506. The molecule has 1 amide bonds. The molecule has 1 aliphatic heterocycles. The van der Waals surface area contributed by atoms with Crippen LogP contribution in [0.1, 0.15) is 48.5 Å². The third-order valence-corrected chi connectivity index (χ3v) is 5.86. The van der Waals surface area contributed by atoms with Crippen LogP contribution in [0.25, 0.3) is 11.0 Å². The van der Waals surface area contributed by atoms with Gasteiger partial charge < -0.3 is 14.1 Å². The van der Waals surface area contributed by atoms with Gasteiger partial charge in [0, 0.05) is 37.6 Å². The minimum atomic E-state index is -0.152. The van der Waals surface area contributed by atoms with Gasteiger partial charge in [-0.1, -0.05) is 30.3 Å². The fourth-order valence-corrected chi connectivity index (χ4v) is 4.20. The maximum atomic E-state index is 13.0. The number of furan rings is 1. The topological polar surface area (TPSA) is 45.9 Å². The molecule has 0 bridgehead atoms. The third-order valence-electron chi connectivity index (χ3n) is 5.86. The highest BCUT2D eigenvalue weighted by atomic mass is 16.5. The molecule has 3 aromatic rings. The maximum absolute atomic E-state index is 13.0. The summed E-state index contributed by atoms with van der Waals surface area (Å²) in [5, 5.41) is 1.05. The SMILES string of the molecule is CC1CN(Cc2ccc(C(=O)N(C)C(C)c3cc4ccccc4o3)cc2)CC(C)O1. The normalized spacial score (nSPS) is 20.9. The smallest absolute Gasteiger partial charge is 0.254 e. The Balaban J connectivity index is 1.42. The van der Waals surface area contributed by atoms with E-state index in [2.05, 4.69) is 30.9 Å². The molecule has 5 heteroatoms. The van der Waals surface area contributed by atoms with E-state index in [9.17, 15) is 4.79 Å². The first kappa shape index (κ1) is 20.6. The number of hydrogen-bond acceptors (Lipinski definition) is 4. The van der Waals surface area contributed by atoms with E-state index < -0.39 is 0 Å². The minimum Gasteiger partial charge on any atom is -0.459 e. The van der Waals surface area contributed by atoms with Gasteiger partial charge in [-0.2, -0.15) is 0 Å². The zero-order valence-electron chi connectivity index (χ0n) is 18.2.